The molecule has 0 unspecified atom stereocenters. The van der Waals surface area contributed by atoms with E-state index in [1.807, 2.05) is 5.38 Å². The van der Waals surface area contributed by atoms with Gasteiger partial charge in [-0.1, -0.05) is 46.9 Å². The maximum atomic E-state index is 11.5. The molecule has 0 saturated heterocycles. The standard InChI is InChI=1S/C12H10Cl3N3O2S/c13-12(14,15)6-20-11(19)17-8-3-1-7(2-4-8)9-5-21-10(16)18-9/h1-5H,6H2,(H2,16,18)(H,17,19). The fourth-order valence-electron chi connectivity index (χ4n) is 1.45. The summed E-state index contributed by atoms with van der Waals surface area (Å²) in [7, 11) is 0. The Morgan fingerprint density at radius 2 is 2.00 bits per heavy atom. The van der Waals surface area contributed by atoms with Crippen molar-refractivity contribution in [3.63, 3.8) is 0 Å². The van der Waals surface area contributed by atoms with Gasteiger partial charge in [0.05, 0.1) is 5.69 Å². The lowest BCUT2D eigenvalue weighted by atomic mass is 10.1. The van der Waals surface area contributed by atoms with Crippen LogP contribution < -0.4 is 11.1 Å². The number of alkyl halides is 3. The molecule has 0 saturated carbocycles. The van der Waals surface area contributed by atoms with Gasteiger partial charge in [0.25, 0.3) is 0 Å². The predicted octanol–water partition coefficient (Wildman–Crippen LogP) is 4.31. The zero-order chi connectivity index (χ0) is 15.5. The first kappa shape index (κ1) is 16.2. The van der Waals surface area contributed by atoms with E-state index in [0.29, 0.717) is 10.8 Å². The molecule has 0 atom stereocenters. The van der Waals surface area contributed by atoms with E-state index >= 15 is 0 Å². The second-order valence-corrected chi connectivity index (χ2v) is 7.37. The van der Waals surface area contributed by atoms with Gasteiger partial charge in [0.2, 0.25) is 3.79 Å². The Balaban J connectivity index is 1.95. The van der Waals surface area contributed by atoms with E-state index in [2.05, 4.69) is 10.3 Å². The van der Waals surface area contributed by atoms with Crippen molar-refractivity contribution in [3.8, 4) is 11.3 Å². The lowest BCUT2D eigenvalue weighted by Gasteiger charge is -2.12. The summed E-state index contributed by atoms with van der Waals surface area (Å²) in [5.74, 6) is 0. The molecular formula is C12H10Cl3N3O2S. The summed E-state index contributed by atoms with van der Waals surface area (Å²) in [5, 5.41) is 4.88. The second-order valence-electron chi connectivity index (χ2n) is 3.96. The Morgan fingerprint density at radius 1 is 1.33 bits per heavy atom. The minimum Gasteiger partial charge on any atom is -0.445 e. The van der Waals surface area contributed by atoms with Crippen molar-refractivity contribution in [1.82, 2.24) is 4.98 Å². The molecule has 0 aliphatic carbocycles. The van der Waals surface area contributed by atoms with Crippen molar-refractivity contribution in [1.29, 1.82) is 0 Å². The average molecular weight is 367 g/mol. The van der Waals surface area contributed by atoms with Gasteiger partial charge in [-0.15, -0.1) is 11.3 Å². The third kappa shape index (κ3) is 5.24. The van der Waals surface area contributed by atoms with Crippen molar-refractivity contribution in [2.45, 2.75) is 3.79 Å². The first-order chi connectivity index (χ1) is 9.83. The lowest BCUT2D eigenvalue weighted by Crippen LogP contribution is -2.21. The summed E-state index contributed by atoms with van der Waals surface area (Å²) in [6.45, 7) is -0.334. The number of anilines is 2. The molecule has 9 heteroatoms. The fourth-order valence-corrected chi connectivity index (χ4v) is 2.18. The van der Waals surface area contributed by atoms with Crippen LogP contribution >= 0.6 is 46.1 Å². The van der Waals surface area contributed by atoms with Crippen LogP contribution in [0.15, 0.2) is 29.6 Å². The number of benzene rings is 1. The van der Waals surface area contributed by atoms with Gasteiger partial charge in [0.15, 0.2) is 5.13 Å². The first-order valence-corrected chi connectivity index (χ1v) is 7.67. The monoisotopic (exact) mass is 365 g/mol. The molecule has 1 heterocycles. The summed E-state index contributed by atoms with van der Waals surface area (Å²) in [4.78, 5) is 15.6. The fraction of sp³-hybridized carbons (Fsp3) is 0.167. The quantitative estimate of drug-likeness (QED) is 0.793. The van der Waals surface area contributed by atoms with Gasteiger partial charge in [0.1, 0.15) is 6.61 Å². The Labute approximate surface area is 140 Å². The van der Waals surface area contributed by atoms with Crippen molar-refractivity contribution in [2.24, 2.45) is 0 Å². The van der Waals surface area contributed by atoms with Crippen LogP contribution in [0, 0.1) is 0 Å². The molecule has 1 amide bonds. The highest BCUT2D eigenvalue weighted by atomic mass is 35.6. The van der Waals surface area contributed by atoms with Gasteiger partial charge in [-0.25, -0.2) is 9.78 Å². The zero-order valence-corrected chi connectivity index (χ0v) is 13.6. The van der Waals surface area contributed by atoms with Gasteiger partial charge in [-0.2, -0.15) is 0 Å². The number of nitrogens with two attached hydrogens (primary N) is 1. The molecular weight excluding hydrogens is 357 g/mol. The molecule has 0 aliphatic heterocycles. The number of nitrogens with zero attached hydrogens (tertiary/aromatic N) is 1. The number of thiazole rings is 1. The van der Waals surface area contributed by atoms with E-state index in [9.17, 15) is 4.79 Å². The Kier molecular flexibility index (Phi) is 5.16. The van der Waals surface area contributed by atoms with Crippen LogP contribution in [0.1, 0.15) is 0 Å². The number of nitrogens with one attached hydrogen (secondary N) is 1. The van der Waals surface area contributed by atoms with Gasteiger partial charge in [-0.3, -0.25) is 5.32 Å². The van der Waals surface area contributed by atoms with Crippen LogP contribution in [0.3, 0.4) is 0 Å². The van der Waals surface area contributed by atoms with Crippen molar-refractivity contribution in [3.05, 3.63) is 29.6 Å². The van der Waals surface area contributed by atoms with Crippen LogP contribution in [-0.2, 0) is 4.74 Å². The highest BCUT2D eigenvalue weighted by molar-refractivity contribution is 7.13. The number of carbonyl (C=O) groups is 1. The minimum absolute atomic E-state index is 0.334. The zero-order valence-electron chi connectivity index (χ0n) is 10.5. The van der Waals surface area contributed by atoms with Crippen molar-refractivity contribution in [2.75, 3.05) is 17.7 Å². The van der Waals surface area contributed by atoms with Crippen LogP contribution in [-0.4, -0.2) is 21.5 Å². The maximum Gasteiger partial charge on any atom is 0.411 e. The Morgan fingerprint density at radius 3 is 2.52 bits per heavy atom. The smallest absolute Gasteiger partial charge is 0.411 e. The van der Waals surface area contributed by atoms with Crippen LogP contribution in [0.25, 0.3) is 11.3 Å². The third-order valence-corrected chi connectivity index (χ3v) is 3.32. The lowest BCUT2D eigenvalue weighted by molar-refractivity contribution is 0.164. The average Bonchev–Trinajstić information content (AvgIpc) is 2.83. The van der Waals surface area contributed by atoms with Gasteiger partial charge in [0, 0.05) is 16.6 Å². The van der Waals surface area contributed by atoms with E-state index < -0.39 is 9.89 Å². The molecule has 112 valence electrons. The van der Waals surface area contributed by atoms with Gasteiger partial charge < -0.3 is 10.5 Å². The molecule has 0 aliphatic rings. The number of halogens is 3. The minimum atomic E-state index is -1.63. The van der Waals surface area contributed by atoms with Crippen LogP contribution in [0.2, 0.25) is 0 Å². The number of rotatable bonds is 3. The molecule has 0 bridgehead atoms. The second kappa shape index (κ2) is 6.70. The van der Waals surface area contributed by atoms with E-state index in [1.165, 1.54) is 11.3 Å². The molecule has 0 radical (unpaired) electrons. The SMILES string of the molecule is Nc1nc(-c2ccc(NC(=O)OCC(Cl)(Cl)Cl)cc2)cs1. The van der Waals surface area contributed by atoms with Crippen molar-refractivity contribution < 1.29 is 9.53 Å². The summed E-state index contributed by atoms with van der Waals surface area (Å²) >= 11 is 17.8. The third-order valence-electron chi connectivity index (χ3n) is 2.32. The molecule has 0 spiro atoms. The molecule has 2 rings (SSSR count). The summed E-state index contributed by atoms with van der Waals surface area (Å²) < 4.78 is 3.12. The molecule has 2 aromatic rings. The number of amides is 1. The molecule has 1 aromatic carbocycles. The predicted molar refractivity (Wildman–Crippen MR) is 87.2 cm³/mol. The highest BCUT2D eigenvalue weighted by Gasteiger charge is 2.22. The molecule has 5 nitrogen and oxygen atoms in total. The largest absolute Gasteiger partial charge is 0.445 e. The van der Waals surface area contributed by atoms with E-state index in [0.717, 1.165) is 11.3 Å². The number of aromatic nitrogens is 1. The first-order valence-electron chi connectivity index (χ1n) is 5.65. The van der Waals surface area contributed by atoms with Crippen LogP contribution in [0.5, 0.6) is 0 Å². The number of hydrogen-bond donors (Lipinski definition) is 2. The van der Waals surface area contributed by atoms with Gasteiger partial charge >= 0.3 is 6.09 Å². The van der Waals surface area contributed by atoms with Crippen LogP contribution in [0.4, 0.5) is 15.6 Å². The highest BCUT2D eigenvalue weighted by Crippen LogP contribution is 2.26. The number of nitrogen functional groups attached to an aromatic ring is 1. The maximum absolute atomic E-state index is 11.5. The topological polar surface area (TPSA) is 77.2 Å². The summed E-state index contributed by atoms with van der Waals surface area (Å²) in [5.41, 5.74) is 7.81. The normalized spacial score (nSPS) is 11.2. The summed E-state index contributed by atoms with van der Waals surface area (Å²) in [6.07, 6.45) is -0.702. The Bertz CT molecular complexity index is 625. The molecule has 0 fully saturated rings. The summed E-state index contributed by atoms with van der Waals surface area (Å²) in [6, 6.07) is 7.03. The van der Waals surface area contributed by atoms with Gasteiger partial charge in [-0.05, 0) is 12.1 Å². The molecule has 3 N–H and O–H groups in total. The van der Waals surface area contributed by atoms with E-state index in [-0.39, 0.29) is 6.61 Å². The number of ether oxygens (including phenoxy) is 1. The number of hydrogen-bond acceptors (Lipinski definition) is 5. The molecule has 1 aromatic heterocycles. The van der Waals surface area contributed by atoms with E-state index in [4.69, 9.17) is 45.3 Å². The van der Waals surface area contributed by atoms with E-state index in [1.54, 1.807) is 24.3 Å². The van der Waals surface area contributed by atoms with Crippen molar-refractivity contribution >= 4 is 63.1 Å². The molecule has 21 heavy (non-hydrogen) atoms. The Hall–Kier alpha value is -1.21. The number of carbonyl (C=O) groups excluding carboxylic acids is 1.